The van der Waals surface area contributed by atoms with Crippen molar-refractivity contribution >= 4 is 0 Å². The summed E-state index contributed by atoms with van der Waals surface area (Å²) in [4.78, 5) is 9.34. The van der Waals surface area contributed by atoms with Crippen molar-refractivity contribution in [1.29, 1.82) is 5.26 Å². The minimum atomic E-state index is -0.156. The molecular weight excluding hydrogens is 458 g/mol. The molecule has 0 aromatic carbocycles. The first kappa shape index (κ1) is 24.6. The zero-order chi connectivity index (χ0) is 25.8. The van der Waals surface area contributed by atoms with Crippen LogP contribution in [-0.4, -0.2) is 27.8 Å². The lowest BCUT2D eigenvalue weighted by Crippen LogP contribution is -2.50. The van der Waals surface area contributed by atoms with Crippen molar-refractivity contribution in [1.82, 2.24) is 9.97 Å². The molecule has 6 rings (SSSR count). The molecule has 0 amide bonds. The van der Waals surface area contributed by atoms with Crippen molar-refractivity contribution < 1.29 is 9.84 Å². The molecule has 3 fully saturated rings. The summed E-state index contributed by atoms with van der Waals surface area (Å²) >= 11 is 0. The van der Waals surface area contributed by atoms with Gasteiger partial charge in [0, 0.05) is 35.1 Å². The molecule has 0 spiro atoms. The molecule has 3 saturated carbocycles. The number of rotatable bonds is 4. The monoisotopic (exact) mass is 497 g/mol. The molecule has 37 heavy (non-hydrogen) atoms. The SMILES string of the molecule is CCOc1nc([C@H]2CC[C@H]3[C@@H]4CC=C5C[C@@H](O)CC[C@]5(C)[C@H]4CC[C@]23C)cc(-c2cccnc2)c1C#N. The van der Waals surface area contributed by atoms with Gasteiger partial charge in [0.25, 0.3) is 0 Å². The molecule has 0 bridgehead atoms. The molecule has 2 aromatic heterocycles. The third kappa shape index (κ3) is 3.83. The van der Waals surface area contributed by atoms with E-state index in [0.717, 1.165) is 54.8 Å². The fourth-order valence-corrected chi connectivity index (χ4v) is 8.95. The summed E-state index contributed by atoms with van der Waals surface area (Å²) in [7, 11) is 0. The van der Waals surface area contributed by atoms with Crippen molar-refractivity contribution in [2.24, 2.45) is 28.6 Å². The predicted octanol–water partition coefficient (Wildman–Crippen LogP) is 6.82. The average molecular weight is 498 g/mol. The van der Waals surface area contributed by atoms with Crippen LogP contribution in [-0.2, 0) is 0 Å². The molecule has 4 aliphatic rings. The number of aromatic nitrogens is 2. The second kappa shape index (κ2) is 9.24. The predicted molar refractivity (Wildman–Crippen MR) is 144 cm³/mol. The van der Waals surface area contributed by atoms with E-state index in [0.29, 0.717) is 35.8 Å². The molecule has 194 valence electrons. The van der Waals surface area contributed by atoms with E-state index >= 15 is 0 Å². The standard InChI is InChI=1S/C32H39N3O2/c1-4-37-30-25(18-33)24(20-6-5-15-34-19-20)17-29(35-30)28-10-9-26-23-8-7-21-16-22(36)11-13-31(21,2)27(23)12-14-32(26,28)3/h5-7,15,17,19,22-23,26-28,36H,4,8-14,16H2,1-3H3/t22-,23-,26-,27-,28+,31-,32-/m0/s1. The minimum absolute atomic E-state index is 0.156. The number of hydrogen-bond acceptors (Lipinski definition) is 5. The zero-order valence-electron chi connectivity index (χ0n) is 22.4. The number of nitriles is 1. The van der Waals surface area contributed by atoms with Crippen molar-refractivity contribution in [3.05, 3.63) is 53.5 Å². The van der Waals surface area contributed by atoms with Crippen LogP contribution in [0.25, 0.3) is 11.1 Å². The molecule has 5 heteroatoms. The largest absolute Gasteiger partial charge is 0.477 e. The number of ether oxygens (including phenoxy) is 1. The Labute approximate surface area is 221 Å². The van der Waals surface area contributed by atoms with Gasteiger partial charge in [0.05, 0.1) is 12.7 Å². The Morgan fingerprint density at radius 2 is 2.03 bits per heavy atom. The normalized spacial score (nSPS) is 36.5. The van der Waals surface area contributed by atoms with Crippen LogP contribution >= 0.6 is 0 Å². The second-order valence-corrected chi connectivity index (χ2v) is 12.4. The average Bonchev–Trinajstić information content (AvgIpc) is 3.26. The van der Waals surface area contributed by atoms with E-state index in [2.05, 4.69) is 37.0 Å². The number of pyridine rings is 2. The van der Waals surface area contributed by atoms with Crippen LogP contribution in [0.2, 0.25) is 0 Å². The van der Waals surface area contributed by atoms with Crippen LogP contribution < -0.4 is 4.74 Å². The molecule has 5 nitrogen and oxygen atoms in total. The Bertz CT molecular complexity index is 1250. The summed E-state index contributed by atoms with van der Waals surface area (Å²) in [5.74, 6) is 2.91. The van der Waals surface area contributed by atoms with Gasteiger partial charge in [-0.05, 0) is 99.0 Å². The van der Waals surface area contributed by atoms with Gasteiger partial charge in [-0.3, -0.25) is 4.98 Å². The van der Waals surface area contributed by atoms with E-state index in [1.165, 1.54) is 24.8 Å². The Balaban J connectivity index is 1.37. The lowest BCUT2D eigenvalue weighted by atomic mass is 9.47. The highest BCUT2D eigenvalue weighted by atomic mass is 16.5. The van der Waals surface area contributed by atoms with Crippen LogP contribution in [0.1, 0.15) is 89.3 Å². The Kier molecular flexibility index (Phi) is 6.15. The van der Waals surface area contributed by atoms with Crippen LogP contribution in [0.5, 0.6) is 5.88 Å². The van der Waals surface area contributed by atoms with Crippen molar-refractivity contribution in [2.75, 3.05) is 6.61 Å². The van der Waals surface area contributed by atoms with Gasteiger partial charge in [0.2, 0.25) is 5.88 Å². The first-order valence-electron chi connectivity index (χ1n) is 14.2. The van der Waals surface area contributed by atoms with Crippen LogP contribution in [0, 0.1) is 39.9 Å². The lowest BCUT2D eigenvalue weighted by Gasteiger charge is -2.58. The molecule has 1 N–H and O–H groups in total. The van der Waals surface area contributed by atoms with E-state index in [-0.39, 0.29) is 16.9 Å². The first-order valence-corrected chi connectivity index (χ1v) is 14.2. The van der Waals surface area contributed by atoms with E-state index < -0.39 is 0 Å². The third-order valence-corrected chi connectivity index (χ3v) is 10.8. The van der Waals surface area contributed by atoms with Crippen molar-refractivity contribution in [2.45, 2.75) is 84.2 Å². The quantitative estimate of drug-likeness (QED) is 0.469. The van der Waals surface area contributed by atoms with Gasteiger partial charge in [0.1, 0.15) is 11.6 Å². The number of aliphatic hydroxyl groups excluding tert-OH is 1. The Hall–Kier alpha value is -2.71. The Morgan fingerprint density at radius 1 is 1.16 bits per heavy atom. The number of allylic oxidation sites excluding steroid dienone is 1. The molecule has 2 heterocycles. The van der Waals surface area contributed by atoms with Crippen LogP contribution in [0.3, 0.4) is 0 Å². The van der Waals surface area contributed by atoms with Gasteiger partial charge in [-0.1, -0.05) is 31.6 Å². The molecule has 0 radical (unpaired) electrons. The van der Waals surface area contributed by atoms with E-state index in [9.17, 15) is 10.4 Å². The summed E-state index contributed by atoms with van der Waals surface area (Å²) in [6.45, 7) is 7.44. The molecular formula is C32H39N3O2. The third-order valence-electron chi connectivity index (χ3n) is 10.8. The zero-order valence-corrected chi connectivity index (χ0v) is 22.4. The van der Waals surface area contributed by atoms with Gasteiger partial charge in [-0.15, -0.1) is 0 Å². The maximum atomic E-state index is 10.3. The molecule has 4 aliphatic carbocycles. The topological polar surface area (TPSA) is 79.0 Å². The van der Waals surface area contributed by atoms with Gasteiger partial charge in [0.15, 0.2) is 0 Å². The highest BCUT2D eigenvalue weighted by molar-refractivity contribution is 5.72. The molecule has 0 unspecified atom stereocenters. The van der Waals surface area contributed by atoms with Gasteiger partial charge < -0.3 is 9.84 Å². The summed E-state index contributed by atoms with van der Waals surface area (Å²) in [6, 6.07) is 8.45. The minimum Gasteiger partial charge on any atom is -0.477 e. The molecule has 0 aliphatic heterocycles. The van der Waals surface area contributed by atoms with Crippen LogP contribution in [0.4, 0.5) is 0 Å². The Morgan fingerprint density at radius 3 is 2.78 bits per heavy atom. The summed E-state index contributed by atoms with van der Waals surface area (Å²) in [6.07, 6.45) is 14.9. The van der Waals surface area contributed by atoms with E-state index in [1.54, 1.807) is 6.20 Å². The smallest absolute Gasteiger partial charge is 0.232 e. The number of nitrogens with zero attached hydrogens (tertiary/aromatic N) is 3. The molecule has 0 saturated heterocycles. The van der Waals surface area contributed by atoms with Crippen LogP contribution in [0.15, 0.2) is 42.2 Å². The molecule has 7 atom stereocenters. The van der Waals surface area contributed by atoms with Gasteiger partial charge in [-0.2, -0.15) is 5.26 Å². The number of aliphatic hydroxyl groups is 1. The maximum absolute atomic E-state index is 10.3. The summed E-state index contributed by atoms with van der Waals surface area (Å²) in [5.41, 5.74) is 5.36. The van der Waals surface area contributed by atoms with E-state index in [4.69, 9.17) is 9.72 Å². The highest BCUT2D eigenvalue weighted by Crippen LogP contribution is 2.68. The number of hydrogen-bond donors (Lipinski definition) is 1. The maximum Gasteiger partial charge on any atom is 0.232 e. The van der Waals surface area contributed by atoms with E-state index in [1.807, 2.05) is 25.3 Å². The fraction of sp³-hybridized carbons (Fsp3) is 0.594. The van der Waals surface area contributed by atoms with Crippen molar-refractivity contribution in [3.63, 3.8) is 0 Å². The van der Waals surface area contributed by atoms with Gasteiger partial charge >= 0.3 is 0 Å². The summed E-state index contributed by atoms with van der Waals surface area (Å²) < 4.78 is 5.94. The van der Waals surface area contributed by atoms with Crippen molar-refractivity contribution in [3.8, 4) is 23.1 Å². The summed E-state index contributed by atoms with van der Waals surface area (Å²) in [5, 5.41) is 20.4. The molecule has 2 aromatic rings. The fourth-order valence-electron chi connectivity index (χ4n) is 8.95. The van der Waals surface area contributed by atoms with Gasteiger partial charge in [-0.25, -0.2) is 4.98 Å². The second-order valence-electron chi connectivity index (χ2n) is 12.4. The first-order chi connectivity index (χ1) is 17.9. The lowest BCUT2D eigenvalue weighted by molar-refractivity contribution is -0.0412. The number of fused-ring (bicyclic) bond motifs is 5. The highest BCUT2D eigenvalue weighted by Gasteiger charge is 2.59.